The molecule has 1 atom stereocenters. The molecule has 1 fully saturated rings. The Hall–Kier alpha value is -0.580. The zero-order valence-electron chi connectivity index (χ0n) is 9.38. The summed E-state index contributed by atoms with van der Waals surface area (Å²) in [5, 5.41) is 2.83. The molecule has 0 radical (unpaired) electrons. The van der Waals surface area contributed by atoms with Crippen molar-refractivity contribution >= 4 is 15.7 Å². The van der Waals surface area contributed by atoms with Crippen molar-refractivity contribution in [2.24, 2.45) is 0 Å². The number of rotatable bonds is 4. The van der Waals surface area contributed by atoms with Crippen LogP contribution in [0.5, 0.6) is 0 Å². The van der Waals surface area contributed by atoms with Crippen molar-refractivity contribution in [1.29, 1.82) is 0 Å². The maximum absolute atomic E-state index is 11.5. The van der Waals surface area contributed by atoms with Gasteiger partial charge >= 0.3 is 0 Å². The summed E-state index contributed by atoms with van der Waals surface area (Å²) in [6, 6.07) is 0. The van der Waals surface area contributed by atoms with E-state index in [1.807, 2.05) is 6.92 Å². The molecule has 15 heavy (non-hydrogen) atoms. The van der Waals surface area contributed by atoms with Gasteiger partial charge in [-0.25, -0.2) is 8.42 Å². The Kier molecular flexibility index (Phi) is 3.76. The Morgan fingerprint density at radius 2 is 2.13 bits per heavy atom. The van der Waals surface area contributed by atoms with E-state index in [0.717, 1.165) is 12.8 Å². The standard InChI is InChI=1S/C10H19NO3S/c1-3-4-5-9(12)11-10(2)6-7-15(13,14)8-10/h3-8H2,1-2H3,(H,11,12). The molecule has 1 heterocycles. The third kappa shape index (κ3) is 3.81. The second kappa shape index (κ2) is 4.51. The van der Waals surface area contributed by atoms with E-state index in [9.17, 15) is 13.2 Å². The molecule has 0 bridgehead atoms. The van der Waals surface area contributed by atoms with E-state index in [4.69, 9.17) is 0 Å². The fourth-order valence-electron chi connectivity index (χ4n) is 1.85. The normalized spacial score (nSPS) is 28.9. The molecule has 1 amide bonds. The summed E-state index contributed by atoms with van der Waals surface area (Å²) < 4.78 is 22.6. The summed E-state index contributed by atoms with van der Waals surface area (Å²) in [6.45, 7) is 3.83. The number of carbonyl (C=O) groups excluding carboxylic acids is 1. The topological polar surface area (TPSA) is 63.2 Å². The Balaban J connectivity index is 2.48. The molecule has 0 aromatic carbocycles. The van der Waals surface area contributed by atoms with E-state index in [0.29, 0.717) is 12.8 Å². The molecule has 1 aliphatic heterocycles. The highest BCUT2D eigenvalue weighted by Gasteiger charge is 2.39. The smallest absolute Gasteiger partial charge is 0.220 e. The highest BCUT2D eigenvalue weighted by Crippen LogP contribution is 2.22. The van der Waals surface area contributed by atoms with Crippen molar-refractivity contribution in [3.63, 3.8) is 0 Å². The van der Waals surface area contributed by atoms with Crippen LogP contribution in [0.1, 0.15) is 39.5 Å². The van der Waals surface area contributed by atoms with E-state index >= 15 is 0 Å². The number of unbranched alkanes of at least 4 members (excludes halogenated alkanes) is 1. The van der Waals surface area contributed by atoms with E-state index < -0.39 is 15.4 Å². The van der Waals surface area contributed by atoms with Crippen molar-refractivity contribution in [1.82, 2.24) is 5.32 Å². The Morgan fingerprint density at radius 1 is 1.47 bits per heavy atom. The fourth-order valence-corrected chi connectivity index (χ4v) is 3.94. The van der Waals surface area contributed by atoms with Gasteiger partial charge in [-0.15, -0.1) is 0 Å². The molecule has 1 unspecified atom stereocenters. The highest BCUT2D eigenvalue weighted by molar-refractivity contribution is 7.91. The summed E-state index contributed by atoms with van der Waals surface area (Å²) >= 11 is 0. The van der Waals surface area contributed by atoms with Gasteiger partial charge in [-0.2, -0.15) is 0 Å². The van der Waals surface area contributed by atoms with Crippen molar-refractivity contribution in [2.75, 3.05) is 11.5 Å². The molecule has 1 N–H and O–H groups in total. The van der Waals surface area contributed by atoms with E-state index in [-0.39, 0.29) is 17.4 Å². The molecular formula is C10H19NO3S. The van der Waals surface area contributed by atoms with Crippen LogP contribution in [0.2, 0.25) is 0 Å². The number of hydrogen-bond donors (Lipinski definition) is 1. The van der Waals surface area contributed by atoms with Crippen molar-refractivity contribution in [3.8, 4) is 0 Å². The minimum absolute atomic E-state index is 0.0311. The summed E-state index contributed by atoms with van der Waals surface area (Å²) in [5.41, 5.74) is -0.538. The van der Waals surface area contributed by atoms with Crippen LogP contribution in [0.15, 0.2) is 0 Å². The second-order valence-corrected chi connectivity index (χ2v) is 6.74. The van der Waals surface area contributed by atoms with Gasteiger partial charge in [0.2, 0.25) is 5.91 Å². The van der Waals surface area contributed by atoms with E-state index in [2.05, 4.69) is 5.32 Å². The lowest BCUT2D eigenvalue weighted by Crippen LogP contribution is -2.46. The van der Waals surface area contributed by atoms with Crippen molar-refractivity contribution in [2.45, 2.75) is 45.1 Å². The number of nitrogens with one attached hydrogen (secondary N) is 1. The van der Waals surface area contributed by atoms with Crippen molar-refractivity contribution in [3.05, 3.63) is 0 Å². The van der Waals surface area contributed by atoms with Gasteiger partial charge in [0, 0.05) is 6.42 Å². The summed E-state index contributed by atoms with van der Waals surface area (Å²) in [7, 11) is -2.93. The van der Waals surface area contributed by atoms with Gasteiger partial charge in [0.05, 0.1) is 17.0 Å². The van der Waals surface area contributed by atoms with Crippen LogP contribution >= 0.6 is 0 Å². The molecule has 1 saturated heterocycles. The predicted octanol–water partition coefficient (Wildman–Crippen LogP) is 0.870. The molecule has 5 heteroatoms. The van der Waals surface area contributed by atoms with Crippen LogP contribution in [0, 0.1) is 0 Å². The van der Waals surface area contributed by atoms with Crippen LogP contribution in [-0.2, 0) is 14.6 Å². The average molecular weight is 233 g/mol. The molecular weight excluding hydrogens is 214 g/mol. The monoisotopic (exact) mass is 233 g/mol. The SMILES string of the molecule is CCCCC(=O)NC1(C)CCS(=O)(=O)C1. The first-order valence-corrected chi connectivity index (χ1v) is 7.20. The fraction of sp³-hybridized carbons (Fsp3) is 0.900. The largest absolute Gasteiger partial charge is 0.350 e. The summed E-state index contributed by atoms with van der Waals surface area (Å²) in [6.07, 6.45) is 2.86. The summed E-state index contributed by atoms with van der Waals surface area (Å²) in [5.74, 6) is 0.242. The molecule has 88 valence electrons. The molecule has 0 aromatic heterocycles. The number of hydrogen-bond acceptors (Lipinski definition) is 3. The molecule has 1 aliphatic rings. The maximum Gasteiger partial charge on any atom is 0.220 e. The minimum Gasteiger partial charge on any atom is -0.350 e. The Labute approximate surface area is 91.4 Å². The van der Waals surface area contributed by atoms with Gasteiger partial charge in [-0.3, -0.25) is 4.79 Å². The van der Waals surface area contributed by atoms with Gasteiger partial charge in [0.1, 0.15) is 0 Å². The lowest BCUT2D eigenvalue weighted by atomic mass is 10.0. The quantitative estimate of drug-likeness (QED) is 0.783. The predicted molar refractivity (Wildman–Crippen MR) is 59.3 cm³/mol. The third-order valence-corrected chi connectivity index (χ3v) is 4.61. The molecule has 1 rings (SSSR count). The molecule has 0 spiro atoms. The van der Waals surface area contributed by atoms with Gasteiger partial charge in [-0.05, 0) is 19.8 Å². The first-order valence-electron chi connectivity index (χ1n) is 5.38. The molecule has 0 aromatic rings. The second-order valence-electron chi connectivity index (χ2n) is 4.55. The van der Waals surface area contributed by atoms with Crippen LogP contribution in [0.3, 0.4) is 0 Å². The molecule has 4 nitrogen and oxygen atoms in total. The van der Waals surface area contributed by atoms with Crippen LogP contribution < -0.4 is 5.32 Å². The lowest BCUT2D eigenvalue weighted by molar-refractivity contribution is -0.122. The van der Waals surface area contributed by atoms with E-state index in [1.54, 1.807) is 6.92 Å². The minimum atomic E-state index is -2.93. The first-order chi connectivity index (χ1) is 6.87. The van der Waals surface area contributed by atoms with Gasteiger partial charge in [0.25, 0.3) is 0 Å². The van der Waals surface area contributed by atoms with Gasteiger partial charge in [0.15, 0.2) is 9.84 Å². The van der Waals surface area contributed by atoms with E-state index in [1.165, 1.54) is 0 Å². The van der Waals surface area contributed by atoms with Crippen LogP contribution in [-0.4, -0.2) is 31.4 Å². The molecule has 0 saturated carbocycles. The summed E-state index contributed by atoms with van der Waals surface area (Å²) in [4.78, 5) is 11.5. The lowest BCUT2D eigenvalue weighted by Gasteiger charge is -2.23. The number of sulfone groups is 1. The average Bonchev–Trinajstić information content (AvgIpc) is 2.37. The zero-order valence-corrected chi connectivity index (χ0v) is 10.2. The van der Waals surface area contributed by atoms with Crippen LogP contribution in [0.25, 0.3) is 0 Å². The Bertz CT molecular complexity index is 337. The zero-order chi connectivity index (χ0) is 11.5. The Morgan fingerprint density at radius 3 is 2.60 bits per heavy atom. The van der Waals surface area contributed by atoms with Gasteiger partial charge in [-0.1, -0.05) is 13.3 Å². The molecule has 0 aliphatic carbocycles. The third-order valence-electron chi connectivity index (χ3n) is 2.70. The van der Waals surface area contributed by atoms with Gasteiger partial charge < -0.3 is 5.32 Å². The van der Waals surface area contributed by atoms with Crippen molar-refractivity contribution < 1.29 is 13.2 Å². The number of amides is 1. The maximum atomic E-state index is 11.5. The number of carbonyl (C=O) groups is 1. The highest BCUT2D eigenvalue weighted by atomic mass is 32.2. The van der Waals surface area contributed by atoms with Crippen LogP contribution in [0.4, 0.5) is 0 Å². The first kappa shape index (κ1) is 12.5.